The Hall–Kier alpha value is -2.31. The third-order valence-electron chi connectivity index (χ3n) is 3.38. The van der Waals surface area contributed by atoms with Crippen LogP contribution in [0.1, 0.15) is 29.7 Å². The van der Waals surface area contributed by atoms with Crippen molar-refractivity contribution in [2.75, 3.05) is 7.11 Å². The highest BCUT2D eigenvalue weighted by molar-refractivity contribution is 5.61. The molecular weight excluding hydrogens is 258 g/mol. The summed E-state index contributed by atoms with van der Waals surface area (Å²) in [7, 11) is 1.52. The van der Waals surface area contributed by atoms with Crippen LogP contribution in [0, 0.1) is 19.8 Å². The summed E-state index contributed by atoms with van der Waals surface area (Å²) in [4.78, 5) is 23.7. The second-order valence-electron chi connectivity index (χ2n) is 4.90. The molecule has 0 saturated heterocycles. The Morgan fingerprint density at radius 3 is 2.70 bits per heavy atom. The number of aromatic nitrogens is 5. The summed E-state index contributed by atoms with van der Waals surface area (Å²) in [5, 5.41) is 4.31. The van der Waals surface area contributed by atoms with Crippen LogP contribution in [-0.4, -0.2) is 38.1 Å². The highest BCUT2D eigenvalue weighted by atomic mass is 16.5. The van der Waals surface area contributed by atoms with Gasteiger partial charge in [0.25, 0.3) is 0 Å². The fourth-order valence-corrected chi connectivity index (χ4v) is 2.26. The summed E-state index contributed by atoms with van der Waals surface area (Å²) < 4.78 is 6.79. The van der Waals surface area contributed by atoms with Crippen LogP contribution in [0.5, 0.6) is 6.01 Å². The van der Waals surface area contributed by atoms with E-state index in [4.69, 9.17) is 4.74 Å². The summed E-state index contributed by atoms with van der Waals surface area (Å²) in [6.07, 6.45) is 1.81. The van der Waals surface area contributed by atoms with Gasteiger partial charge in [0.2, 0.25) is 0 Å². The highest BCUT2D eigenvalue weighted by Gasteiger charge is 2.40. The van der Waals surface area contributed by atoms with Gasteiger partial charge in [-0.2, -0.15) is 14.6 Å². The largest absolute Gasteiger partial charge is 0.467 e. The number of nitrogens with zero attached hydrogens (tertiary/aromatic N) is 5. The van der Waals surface area contributed by atoms with E-state index in [2.05, 4.69) is 20.1 Å². The summed E-state index contributed by atoms with van der Waals surface area (Å²) in [5.41, 5.74) is 0.816. The van der Waals surface area contributed by atoms with Crippen LogP contribution in [-0.2, 0) is 4.79 Å². The Labute approximate surface area is 116 Å². The van der Waals surface area contributed by atoms with Crippen molar-refractivity contribution < 1.29 is 9.53 Å². The number of rotatable bonds is 4. The fraction of sp³-hybridized carbons (Fsp3) is 0.462. The minimum absolute atomic E-state index is 0.0565. The first-order chi connectivity index (χ1) is 9.62. The van der Waals surface area contributed by atoms with Crippen LogP contribution in [0.15, 0.2) is 6.07 Å². The summed E-state index contributed by atoms with van der Waals surface area (Å²) in [6.45, 7) is 3.69. The molecule has 7 heteroatoms. The molecule has 1 saturated carbocycles. The number of aldehydes is 1. The second-order valence-corrected chi connectivity index (χ2v) is 4.90. The molecule has 0 spiro atoms. The molecule has 0 N–H and O–H groups in total. The van der Waals surface area contributed by atoms with Crippen molar-refractivity contribution in [2.45, 2.75) is 26.2 Å². The number of carbonyl (C=O) groups excluding carboxylic acids is 1. The number of hydrogen-bond donors (Lipinski definition) is 0. The molecule has 0 bridgehead atoms. The van der Waals surface area contributed by atoms with E-state index in [0.717, 1.165) is 24.2 Å². The van der Waals surface area contributed by atoms with Gasteiger partial charge in [-0.1, -0.05) is 0 Å². The number of carbonyl (C=O) groups is 1. The van der Waals surface area contributed by atoms with Crippen LogP contribution in [0.4, 0.5) is 0 Å². The molecule has 0 amide bonds. The van der Waals surface area contributed by atoms with Gasteiger partial charge in [-0.05, 0) is 20.3 Å². The molecule has 0 radical (unpaired) electrons. The molecule has 2 aromatic rings. The monoisotopic (exact) mass is 273 g/mol. The molecule has 1 aliphatic rings. The van der Waals surface area contributed by atoms with Crippen molar-refractivity contribution >= 4 is 6.29 Å². The number of methoxy groups -OCH3 is 1. The van der Waals surface area contributed by atoms with Crippen molar-refractivity contribution in [3.8, 4) is 11.8 Å². The lowest BCUT2D eigenvalue weighted by Gasteiger charge is -2.07. The third kappa shape index (κ3) is 2.15. The summed E-state index contributed by atoms with van der Waals surface area (Å²) >= 11 is 0. The molecule has 1 aliphatic carbocycles. The van der Waals surface area contributed by atoms with Gasteiger partial charge in [-0.15, -0.1) is 5.10 Å². The predicted molar refractivity (Wildman–Crippen MR) is 69.9 cm³/mol. The van der Waals surface area contributed by atoms with Gasteiger partial charge in [0.15, 0.2) is 5.82 Å². The minimum atomic E-state index is 0.0565. The lowest BCUT2D eigenvalue weighted by Crippen LogP contribution is -2.07. The quantitative estimate of drug-likeness (QED) is 0.772. The molecule has 3 rings (SSSR count). The van der Waals surface area contributed by atoms with Gasteiger partial charge in [-0.25, -0.2) is 4.98 Å². The van der Waals surface area contributed by atoms with Gasteiger partial charge in [0.05, 0.1) is 12.8 Å². The van der Waals surface area contributed by atoms with Crippen LogP contribution in [0.25, 0.3) is 5.82 Å². The SMILES string of the molecule is COc1nc([C@@H]2C[C@H]2C=O)cc(-n2nc(C)nc2C)n1. The van der Waals surface area contributed by atoms with E-state index in [0.29, 0.717) is 11.6 Å². The van der Waals surface area contributed by atoms with E-state index in [1.807, 2.05) is 19.9 Å². The summed E-state index contributed by atoms with van der Waals surface area (Å²) in [5.74, 6) is 2.26. The smallest absolute Gasteiger partial charge is 0.318 e. The second kappa shape index (κ2) is 4.66. The number of hydrogen-bond acceptors (Lipinski definition) is 6. The van der Waals surface area contributed by atoms with Crippen molar-refractivity contribution in [3.63, 3.8) is 0 Å². The normalized spacial score (nSPS) is 20.8. The van der Waals surface area contributed by atoms with E-state index in [9.17, 15) is 4.79 Å². The van der Waals surface area contributed by atoms with E-state index >= 15 is 0 Å². The van der Waals surface area contributed by atoms with Gasteiger partial charge in [-0.3, -0.25) is 0 Å². The van der Waals surface area contributed by atoms with Crippen LogP contribution in [0.2, 0.25) is 0 Å². The lowest BCUT2D eigenvalue weighted by atomic mass is 10.2. The first-order valence-corrected chi connectivity index (χ1v) is 6.41. The van der Waals surface area contributed by atoms with E-state index in [1.165, 1.54) is 7.11 Å². The Morgan fingerprint density at radius 2 is 2.15 bits per heavy atom. The van der Waals surface area contributed by atoms with Crippen molar-refractivity contribution in [1.29, 1.82) is 0 Å². The van der Waals surface area contributed by atoms with Crippen molar-refractivity contribution in [3.05, 3.63) is 23.4 Å². The molecular formula is C13H15N5O2. The van der Waals surface area contributed by atoms with E-state index in [1.54, 1.807) is 4.68 Å². The first kappa shape index (κ1) is 12.7. The zero-order chi connectivity index (χ0) is 14.3. The average molecular weight is 273 g/mol. The molecule has 2 aromatic heterocycles. The molecule has 20 heavy (non-hydrogen) atoms. The van der Waals surface area contributed by atoms with Gasteiger partial charge >= 0.3 is 6.01 Å². The molecule has 2 atom stereocenters. The zero-order valence-corrected chi connectivity index (χ0v) is 11.6. The number of aryl methyl sites for hydroxylation is 2. The van der Waals surface area contributed by atoms with E-state index < -0.39 is 0 Å². The average Bonchev–Trinajstić information content (AvgIpc) is 3.16. The van der Waals surface area contributed by atoms with E-state index in [-0.39, 0.29) is 17.8 Å². The Kier molecular flexibility index (Phi) is 2.96. The standard InChI is InChI=1S/C13H15N5O2/c1-7-14-8(2)18(17-7)12-5-11(10-4-9(10)6-19)15-13(16-12)20-3/h5-6,9-10H,4H2,1-3H3/t9-,10+/m0/s1. The molecule has 7 nitrogen and oxygen atoms in total. The molecule has 2 heterocycles. The predicted octanol–water partition coefficient (Wildman–Crippen LogP) is 0.985. The first-order valence-electron chi connectivity index (χ1n) is 6.41. The maximum Gasteiger partial charge on any atom is 0.318 e. The topological polar surface area (TPSA) is 82.8 Å². The van der Waals surface area contributed by atoms with Gasteiger partial charge in [0.1, 0.15) is 17.9 Å². The van der Waals surface area contributed by atoms with Gasteiger partial charge < -0.3 is 9.53 Å². The molecule has 0 aliphatic heterocycles. The van der Waals surface area contributed by atoms with Crippen LogP contribution >= 0.6 is 0 Å². The Balaban J connectivity index is 2.04. The molecule has 1 fully saturated rings. The van der Waals surface area contributed by atoms with Crippen LogP contribution in [0.3, 0.4) is 0 Å². The third-order valence-corrected chi connectivity index (χ3v) is 3.38. The lowest BCUT2D eigenvalue weighted by molar-refractivity contribution is -0.108. The maximum atomic E-state index is 10.8. The Morgan fingerprint density at radius 1 is 1.35 bits per heavy atom. The minimum Gasteiger partial charge on any atom is -0.467 e. The zero-order valence-electron chi connectivity index (χ0n) is 11.6. The van der Waals surface area contributed by atoms with Crippen molar-refractivity contribution in [2.24, 2.45) is 5.92 Å². The molecule has 104 valence electrons. The fourth-order valence-electron chi connectivity index (χ4n) is 2.26. The van der Waals surface area contributed by atoms with Gasteiger partial charge in [0, 0.05) is 17.9 Å². The molecule has 0 unspecified atom stereocenters. The van der Waals surface area contributed by atoms with Crippen LogP contribution < -0.4 is 4.74 Å². The highest BCUT2D eigenvalue weighted by Crippen LogP contribution is 2.45. The molecule has 0 aromatic carbocycles. The Bertz CT molecular complexity index is 667. The van der Waals surface area contributed by atoms with Crippen molar-refractivity contribution in [1.82, 2.24) is 24.7 Å². The number of ether oxygens (including phenoxy) is 1. The maximum absolute atomic E-state index is 10.8. The summed E-state index contributed by atoms with van der Waals surface area (Å²) in [6, 6.07) is 2.12.